The molecule has 0 unspecified atom stereocenters. The summed E-state index contributed by atoms with van der Waals surface area (Å²) in [5.74, 6) is 0. The van der Waals surface area contributed by atoms with Gasteiger partial charge in [0.25, 0.3) is 15.7 Å². The summed E-state index contributed by atoms with van der Waals surface area (Å²) < 4.78 is 53.8. The van der Waals surface area contributed by atoms with Crippen molar-refractivity contribution in [1.82, 2.24) is 4.72 Å². The van der Waals surface area contributed by atoms with Crippen LogP contribution in [0.5, 0.6) is 0 Å². The number of unbranched alkanes of at least 4 members (excludes halogenated alkanes) is 1. The minimum atomic E-state index is -4.21. The molecule has 0 saturated carbocycles. The topological polar surface area (TPSA) is 135 Å². The Morgan fingerprint density at radius 2 is 1.59 bits per heavy atom. The summed E-state index contributed by atoms with van der Waals surface area (Å²) in [6.07, 6.45) is 1.54. The van der Waals surface area contributed by atoms with Gasteiger partial charge in [-0.15, -0.1) is 0 Å². The molecule has 0 spiro atoms. The van der Waals surface area contributed by atoms with Gasteiger partial charge in [0.15, 0.2) is 4.90 Å². The number of hydrogen-bond donors (Lipinski definition) is 2. The summed E-state index contributed by atoms with van der Waals surface area (Å²) >= 11 is 0. The highest BCUT2D eigenvalue weighted by atomic mass is 32.2. The molecular weight excluding hydrogens is 394 g/mol. The average molecular weight is 413 g/mol. The van der Waals surface area contributed by atoms with E-state index in [4.69, 9.17) is 0 Å². The number of nitrogens with one attached hydrogen (secondary N) is 2. The highest BCUT2D eigenvalue weighted by Gasteiger charge is 2.25. The fourth-order valence-corrected chi connectivity index (χ4v) is 4.52. The van der Waals surface area contributed by atoms with Crippen LogP contribution in [0.4, 0.5) is 11.4 Å². The Labute approximate surface area is 157 Å². The first-order valence-electron chi connectivity index (χ1n) is 8.03. The number of hydrogen-bond acceptors (Lipinski definition) is 6. The fourth-order valence-electron chi connectivity index (χ4n) is 2.21. The number of nitro benzene ring substituents is 1. The molecule has 2 aromatic rings. The molecule has 0 atom stereocenters. The molecule has 0 aliphatic heterocycles. The van der Waals surface area contributed by atoms with Crippen LogP contribution in [0, 0.1) is 10.1 Å². The first-order valence-corrected chi connectivity index (χ1v) is 11.0. The molecule has 0 amide bonds. The second kappa shape index (κ2) is 8.46. The lowest BCUT2D eigenvalue weighted by molar-refractivity contribution is -0.387. The number of sulfonamides is 2. The quantitative estimate of drug-likeness (QED) is 0.368. The second-order valence-corrected chi connectivity index (χ2v) is 9.02. The molecule has 2 rings (SSSR count). The van der Waals surface area contributed by atoms with Crippen LogP contribution in [-0.4, -0.2) is 28.3 Å². The number of nitrogens with zero attached hydrogens (tertiary/aromatic N) is 1. The zero-order valence-corrected chi connectivity index (χ0v) is 16.1. The van der Waals surface area contributed by atoms with E-state index in [2.05, 4.69) is 9.44 Å². The number of rotatable bonds is 9. The first kappa shape index (κ1) is 20.8. The Morgan fingerprint density at radius 3 is 2.19 bits per heavy atom. The van der Waals surface area contributed by atoms with Crippen molar-refractivity contribution in [2.45, 2.75) is 29.6 Å². The van der Waals surface area contributed by atoms with Crippen molar-refractivity contribution in [3.05, 3.63) is 58.6 Å². The lowest BCUT2D eigenvalue weighted by atomic mass is 10.3. The van der Waals surface area contributed by atoms with Crippen molar-refractivity contribution in [3.63, 3.8) is 0 Å². The standard InChI is InChI=1S/C16H19N3O6S2/c1-2-3-12-17-26(22,23)14-10-8-13(9-11-14)18-27(24,25)16-7-5-4-6-15(16)19(20)21/h4-11,17-18H,2-3,12H2,1H3. The molecular formula is C16H19N3O6S2. The van der Waals surface area contributed by atoms with Crippen molar-refractivity contribution >= 4 is 31.4 Å². The monoisotopic (exact) mass is 413 g/mol. The maximum absolute atomic E-state index is 12.4. The average Bonchev–Trinajstić information content (AvgIpc) is 2.62. The van der Waals surface area contributed by atoms with E-state index in [0.29, 0.717) is 13.0 Å². The second-order valence-electron chi connectivity index (χ2n) is 5.61. The summed E-state index contributed by atoms with van der Waals surface area (Å²) in [4.78, 5) is 9.75. The first-order chi connectivity index (χ1) is 12.7. The Bertz CT molecular complexity index is 1020. The lowest BCUT2D eigenvalue weighted by Gasteiger charge is -2.10. The van der Waals surface area contributed by atoms with Gasteiger partial charge in [-0.05, 0) is 36.8 Å². The van der Waals surface area contributed by atoms with E-state index in [0.717, 1.165) is 18.6 Å². The van der Waals surface area contributed by atoms with Crippen LogP contribution in [0.3, 0.4) is 0 Å². The number of benzene rings is 2. The van der Waals surface area contributed by atoms with Gasteiger partial charge in [-0.3, -0.25) is 14.8 Å². The largest absolute Gasteiger partial charge is 0.289 e. The summed E-state index contributed by atoms with van der Waals surface area (Å²) in [5.41, 5.74) is -0.468. The van der Waals surface area contributed by atoms with E-state index in [1.165, 1.54) is 36.4 Å². The third-order valence-corrected chi connectivity index (χ3v) is 6.50. The van der Waals surface area contributed by atoms with Crippen molar-refractivity contribution in [2.75, 3.05) is 11.3 Å². The Balaban J connectivity index is 2.23. The third-order valence-electron chi connectivity index (χ3n) is 3.59. The van der Waals surface area contributed by atoms with E-state index in [1.54, 1.807) is 0 Å². The molecule has 0 aromatic heterocycles. The maximum atomic E-state index is 12.4. The van der Waals surface area contributed by atoms with Gasteiger partial charge in [0, 0.05) is 18.3 Å². The van der Waals surface area contributed by atoms with Crippen LogP contribution >= 0.6 is 0 Å². The molecule has 0 aliphatic carbocycles. The molecule has 27 heavy (non-hydrogen) atoms. The lowest BCUT2D eigenvalue weighted by Crippen LogP contribution is -2.24. The van der Waals surface area contributed by atoms with Gasteiger partial charge in [0.05, 0.1) is 9.82 Å². The summed E-state index contributed by atoms with van der Waals surface area (Å²) in [7, 11) is -7.89. The molecule has 146 valence electrons. The maximum Gasteiger partial charge on any atom is 0.289 e. The highest BCUT2D eigenvalue weighted by molar-refractivity contribution is 7.93. The molecule has 9 nitrogen and oxygen atoms in total. The third kappa shape index (κ3) is 5.25. The van der Waals surface area contributed by atoms with Crippen LogP contribution in [0.1, 0.15) is 19.8 Å². The summed E-state index contributed by atoms with van der Waals surface area (Å²) in [6.45, 7) is 2.25. The molecule has 2 N–H and O–H groups in total. The van der Waals surface area contributed by atoms with Crippen molar-refractivity contribution in [1.29, 1.82) is 0 Å². The van der Waals surface area contributed by atoms with E-state index < -0.39 is 35.6 Å². The van der Waals surface area contributed by atoms with E-state index in [9.17, 15) is 26.9 Å². The van der Waals surface area contributed by atoms with Gasteiger partial charge in [-0.2, -0.15) is 0 Å². The summed E-state index contributed by atoms with van der Waals surface area (Å²) in [5, 5.41) is 11.0. The van der Waals surface area contributed by atoms with Gasteiger partial charge in [0.1, 0.15) is 0 Å². The van der Waals surface area contributed by atoms with Gasteiger partial charge in [0.2, 0.25) is 10.0 Å². The zero-order chi connectivity index (χ0) is 20.1. The van der Waals surface area contributed by atoms with E-state index in [-0.39, 0.29) is 10.6 Å². The zero-order valence-electron chi connectivity index (χ0n) is 14.5. The molecule has 2 aromatic carbocycles. The van der Waals surface area contributed by atoms with Crippen LogP contribution in [-0.2, 0) is 20.0 Å². The predicted molar refractivity (Wildman–Crippen MR) is 100 cm³/mol. The van der Waals surface area contributed by atoms with Crippen LogP contribution in [0.2, 0.25) is 0 Å². The van der Waals surface area contributed by atoms with Crippen LogP contribution < -0.4 is 9.44 Å². The molecule has 0 saturated heterocycles. The molecule has 0 fully saturated rings. The minimum Gasteiger partial charge on any atom is -0.279 e. The molecule has 11 heteroatoms. The van der Waals surface area contributed by atoms with Crippen LogP contribution in [0.15, 0.2) is 58.3 Å². The molecule has 0 heterocycles. The number of para-hydroxylation sites is 1. The van der Waals surface area contributed by atoms with Gasteiger partial charge in [-0.25, -0.2) is 21.6 Å². The van der Waals surface area contributed by atoms with Crippen molar-refractivity contribution < 1.29 is 21.8 Å². The SMILES string of the molecule is CCCCNS(=O)(=O)c1ccc(NS(=O)(=O)c2ccccc2[N+](=O)[O-])cc1. The molecule has 0 aliphatic rings. The minimum absolute atomic E-state index is 0.00718. The van der Waals surface area contributed by atoms with Gasteiger partial charge in [-0.1, -0.05) is 25.5 Å². The van der Waals surface area contributed by atoms with E-state index in [1.807, 2.05) is 6.92 Å². The highest BCUT2D eigenvalue weighted by Crippen LogP contribution is 2.25. The smallest absolute Gasteiger partial charge is 0.279 e. The fraction of sp³-hybridized carbons (Fsp3) is 0.250. The summed E-state index contributed by atoms with van der Waals surface area (Å²) in [6, 6.07) is 10.0. The van der Waals surface area contributed by atoms with E-state index >= 15 is 0 Å². The molecule has 0 radical (unpaired) electrons. The van der Waals surface area contributed by atoms with Gasteiger partial charge >= 0.3 is 0 Å². The predicted octanol–water partition coefficient (Wildman–Crippen LogP) is 2.47. The number of anilines is 1. The van der Waals surface area contributed by atoms with Crippen molar-refractivity contribution in [2.24, 2.45) is 0 Å². The Hall–Kier alpha value is -2.50. The van der Waals surface area contributed by atoms with Gasteiger partial charge < -0.3 is 0 Å². The normalized spacial score (nSPS) is 11.9. The van der Waals surface area contributed by atoms with Crippen molar-refractivity contribution in [3.8, 4) is 0 Å². The Morgan fingerprint density at radius 1 is 0.963 bits per heavy atom. The molecule has 0 bridgehead atoms. The van der Waals surface area contributed by atoms with Crippen LogP contribution in [0.25, 0.3) is 0 Å². The Kier molecular flexibility index (Phi) is 6.52. The number of nitro groups is 1.